The van der Waals surface area contributed by atoms with E-state index in [1.807, 2.05) is 24.5 Å². The molecule has 3 rings (SSSR count). The highest BCUT2D eigenvalue weighted by molar-refractivity contribution is 7.99. The number of carbonyl (C=O) groups is 2. The molecular formula is C22H23ClFN5O2S. The Kier molecular flexibility index (Phi) is 8.24. The van der Waals surface area contributed by atoms with Crippen molar-refractivity contribution in [3.05, 3.63) is 70.3 Å². The lowest BCUT2D eigenvalue weighted by Crippen LogP contribution is -2.27. The number of rotatable bonds is 9. The lowest BCUT2D eigenvalue weighted by Gasteiger charge is -2.09. The first-order chi connectivity index (χ1) is 15.4. The van der Waals surface area contributed by atoms with Crippen LogP contribution in [0.25, 0.3) is 0 Å². The number of aromatic nitrogens is 3. The van der Waals surface area contributed by atoms with Crippen molar-refractivity contribution in [2.75, 3.05) is 17.6 Å². The number of thioether (sulfide) groups is 1. The molecule has 0 saturated carbocycles. The van der Waals surface area contributed by atoms with Gasteiger partial charge < -0.3 is 15.2 Å². The van der Waals surface area contributed by atoms with E-state index in [2.05, 4.69) is 20.8 Å². The molecule has 0 saturated heterocycles. The second kappa shape index (κ2) is 11.1. The maximum Gasteiger partial charge on any atom is 0.254 e. The first-order valence-corrected chi connectivity index (χ1v) is 11.4. The minimum Gasteiger partial charge on any atom is -0.351 e. The fourth-order valence-electron chi connectivity index (χ4n) is 2.95. The summed E-state index contributed by atoms with van der Waals surface area (Å²) in [6, 6.07) is 11.2. The van der Waals surface area contributed by atoms with Crippen molar-refractivity contribution >= 4 is 40.9 Å². The maximum absolute atomic E-state index is 13.7. The fraction of sp³-hybridized carbons (Fsp3) is 0.273. The molecular weight excluding hydrogens is 453 g/mol. The Hall–Kier alpha value is -2.91. The van der Waals surface area contributed by atoms with Crippen molar-refractivity contribution in [2.45, 2.75) is 32.0 Å². The molecule has 32 heavy (non-hydrogen) atoms. The zero-order valence-electron chi connectivity index (χ0n) is 17.7. The summed E-state index contributed by atoms with van der Waals surface area (Å²) in [7, 11) is 0. The van der Waals surface area contributed by atoms with E-state index in [0.717, 1.165) is 5.56 Å². The van der Waals surface area contributed by atoms with Crippen molar-refractivity contribution in [1.29, 1.82) is 0 Å². The van der Waals surface area contributed by atoms with Crippen LogP contribution in [0.2, 0.25) is 5.02 Å². The highest BCUT2D eigenvalue weighted by atomic mass is 35.5. The van der Waals surface area contributed by atoms with E-state index in [0.29, 0.717) is 34.7 Å². The van der Waals surface area contributed by atoms with Gasteiger partial charge in [0, 0.05) is 30.2 Å². The van der Waals surface area contributed by atoms with Crippen molar-refractivity contribution in [1.82, 2.24) is 20.1 Å². The van der Waals surface area contributed by atoms with Crippen molar-refractivity contribution in [3.63, 3.8) is 0 Å². The van der Waals surface area contributed by atoms with Crippen LogP contribution in [0.1, 0.15) is 28.7 Å². The van der Waals surface area contributed by atoms with Gasteiger partial charge in [0.25, 0.3) is 5.91 Å². The largest absolute Gasteiger partial charge is 0.351 e. The molecule has 0 spiro atoms. The van der Waals surface area contributed by atoms with Gasteiger partial charge in [0.15, 0.2) is 5.16 Å². The average Bonchev–Trinajstić information content (AvgIpc) is 3.17. The lowest BCUT2D eigenvalue weighted by atomic mass is 10.2. The second-order valence-electron chi connectivity index (χ2n) is 6.93. The molecule has 0 bridgehead atoms. The van der Waals surface area contributed by atoms with Gasteiger partial charge in [-0.2, -0.15) is 0 Å². The van der Waals surface area contributed by atoms with Crippen molar-refractivity contribution < 1.29 is 14.0 Å². The average molecular weight is 476 g/mol. The molecule has 3 aromatic rings. The van der Waals surface area contributed by atoms with Crippen molar-refractivity contribution in [2.24, 2.45) is 0 Å². The number of halogens is 2. The van der Waals surface area contributed by atoms with Gasteiger partial charge in [-0.15, -0.1) is 10.2 Å². The third kappa shape index (κ3) is 6.08. The highest BCUT2D eigenvalue weighted by Gasteiger charge is 2.15. The zero-order valence-corrected chi connectivity index (χ0v) is 19.3. The van der Waals surface area contributed by atoms with E-state index < -0.39 is 11.7 Å². The molecule has 2 amide bonds. The predicted octanol–water partition coefficient (Wildman–Crippen LogP) is 4.10. The van der Waals surface area contributed by atoms with Gasteiger partial charge in [0.1, 0.15) is 11.6 Å². The summed E-state index contributed by atoms with van der Waals surface area (Å²) < 4.78 is 15.6. The first-order valence-electron chi connectivity index (χ1n) is 10.0. The molecule has 1 aromatic heterocycles. The number of hydrogen-bond acceptors (Lipinski definition) is 5. The molecule has 2 N–H and O–H groups in total. The summed E-state index contributed by atoms with van der Waals surface area (Å²) in [6.45, 7) is 4.74. The molecule has 0 aliphatic rings. The molecule has 0 atom stereocenters. The summed E-state index contributed by atoms with van der Waals surface area (Å²) in [5.41, 5.74) is 1.57. The number of benzene rings is 2. The molecule has 0 unspecified atom stereocenters. The van der Waals surface area contributed by atoms with E-state index in [4.69, 9.17) is 11.6 Å². The van der Waals surface area contributed by atoms with Crippen LogP contribution in [0.3, 0.4) is 0 Å². The van der Waals surface area contributed by atoms with E-state index in [1.54, 1.807) is 18.2 Å². The van der Waals surface area contributed by atoms with E-state index >= 15 is 0 Å². The van der Waals surface area contributed by atoms with Crippen molar-refractivity contribution in [3.8, 4) is 0 Å². The molecule has 0 fully saturated rings. The molecule has 0 radical (unpaired) electrons. The monoisotopic (exact) mass is 475 g/mol. The smallest absolute Gasteiger partial charge is 0.254 e. The summed E-state index contributed by atoms with van der Waals surface area (Å²) in [4.78, 5) is 24.4. The van der Waals surface area contributed by atoms with E-state index in [-0.39, 0.29) is 23.8 Å². The number of amides is 2. The quantitative estimate of drug-likeness (QED) is 0.455. The molecule has 10 heteroatoms. The van der Waals surface area contributed by atoms with E-state index in [9.17, 15) is 14.0 Å². The second-order valence-corrected chi connectivity index (χ2v) is 8.28. The summed E-state index contributed by atoms with van der Waals surface area (Å²) >= 11 is 7.37. The van der Waals surface area contributed by atoms with E-state index in [1.165, 1.54) is 30.0 Å². The molecule has 0 aliphatic heterocycles. The number of aryl methyl sites for hydroxylation is 1. The molecule has 168 valence electrons. The Morgan fingerprint density at radius 2 is 1.97 bits per heavy atom. The number of nitrogens with one attached hydrogen (secondary N) is 2. The van der Waals surface area contributed by atoms with Gasteiger partial charge in [0.05, 0.1) is 11.3 Å². The van der Waals surface area contributed by atoms with Crippen LogP contribution >= 0.6 is 23.4 Å². The van der Waals surface area contributed by atoms with Gasteiger partial charge in [-0.3, -0.25) is 9.59 Å². The lowest BCUT2D eigenvalue weighted by molar-refractivity contribution is -0.113. The Bertz CT molecular complexity index is 1120. The number of carbonyl (C=O) groups excluding carboxylic acids is 2. The van der Waals surface area contributed by atoms with Crippen LogP contribution in [0.5, 0.6) is 0 Å². The molecule has 2 aromatic carbocycles. The maximum atomic E-state index is 13.7. The van der Waals surface area contributed by atoms with Gasteiger partial charge in [0.2, 0.25) is 5.91 Å². The SMILES string of the molecule is CCn1c(CCNC(=O)c2ccccc2F)nnc1SCC(=O)Nc1ccc(C)c(Cl)c1. The third-order valence-electron chi connectivity index (χ3n) is 4.65. The van der Waals surface area contributed by atoms with Crippen LogP contribution in [0.4, 0.5) is 10.1 Å². The predicted molar refractivity (Wildman–Crippen MR) is 124 cm³/mol. The van der Waals surface area contributed by atoms with Crippen LogP contribution in [0.15, 0.2) is 47.6 Å². The normalized spacial score (nSPS) is 10.8. The van der Waals surface area contributed by atoms with Gasteiger partial charge >= 0.3 is 0 Å². The molecule has 7 nitrogen and oxygen atoms in total. The Morgan fingerprint density at radius 1 is 1.19 bits per heavy atom. The fourth-order valence-corrected chi connectivity index (χ4v) is 3.96. The summed E-state index contributed by atoms with van der Waals surface area (Å²) in [5, 5.41) is 15.0. The van der Waals surface area contributed by atoms with Gasteiger partial charge in [-0.1, -0.05) is 41.6 Å². The number of hydrogen-bond donors (Lipinski definition) is 2. The summed E-state index contributed by atoms with van der Waals surface area (Å²) in [5.74, 6) is -0.387. The van der Waals surface area contributed by atoms with Gasteiger partial charge in [-0.25, -0.2) is 4.39 Å². The zero-order chi connectivity index (χ0) is 23.1. The topological polar surface area (TPSA) is 88.9 Å². The highest BCUT2D eigenvalue weighted by Crippen LogP contribution is 2.21. The van der Waals surface area contributed by atoms with Crippen LogP contribution in [-0.4, -0.2) is 38.9 Å². The van der Waals surface area contributed by atoms with Crippen LogP contribution in [-0.2, 0) is 17.8 Å². The number of nitrogens with zero attached hydrogens (tertiary/aromatic N) is 3. The minimum atomic E-state index is -0.563. The molecule has 0 aliphatic carbocycles. The molecule has 1 heterocycles. The minimum absolute atomic E-state index is 0.00146. The number of anilines is 1. The summed E-state index contributed by atoms with van der Waals surface area (Å²) in [6.07, 6.45) is 0.426. The Labute approximate surface area is 194 Å². The first kappa shape index (κ1) is 23.7. The van der Waals surface area contributed by atoms with Crippen LogP contribution in [0, 0.1) is 12.7 Å². The standard InChI is InChI=1S/C22H23ClFN5O2S/c1-3-29-19(10-11-25-21(31)16-6-4-5-7-18(16)24)27-28-22(29)32-13-20(30)26-15-9-8-14(2)17(23)12-15/h4-9,12H,3,10-11,13H2,1-2H3,(H,25,31)(H,26,30). The Balaban J connectivity index is 1.52. The van der Waals surface area contributed by atoms with Gasteiger partial charge in [-0.05, 0) is 43.7 Å². The Morgan fingerprint density at radius 3 is 2.69 bits per heavy atom. The van der Waals surface area contributed by atoms with Crippen LogP contribution < -0.4 is 10.6 Å². The third-order valence-corrected chi connectivity index (χ3v) is 6.02.